The summed E-state index contributed by atoms with van der Waals surface area (Å²) >= 11 is 1.96. The number of sulfone groups is 1. The number of pyridine rings is 1. The molecule has 0 amide bonds. The van der Waals surface area contributed by atoms with E-state index in [1.807, 2.05) is 22.6 Å². The van der Waals surface area contributed by atoms with E-state index in [4.69, 9.17) is 0 Å². The van der Waals surface area contributed by atoms with Crippen molar-refractivity contribution in [1.82, 2.24) is 14.1 Å². The predicted octanol–water partition coefficient (Wildman–Crippen LogP) is 3.11. The molecule has 2 heterocycles. The minimum Gasteiger partial charge on any atom is -0.338 e. The molecule has 0 radical (unpaired) electrons. The number of hydrogen-bond donors (Lipinski definition) is 2. The van der Waals surface area contributed by atoms with E-state index in [2.05, 4.69) is 10.3 Å². The zero-order valence-corrected chi connectivity index (χ0v) is 22.1. The largest absolute Gasteiger partial charge is 0.338 e. The molecule has 1 saturated carbocycles. The maximum atomic E-state index is 14.6. The van der Waals surface area contributed by atoms with Gasteiger partial charge in [-0.05, 0) is 78.8 Å². The summed E-state index contributed by atoms with van der Waals surface area (Å²) < 4.78 is 43.2. The molecule has 9 nitrogen and oxygen atoms in total. The molecule has 0 unspecified atom stereocenters. The van der Waals surface area contributed by atoms with E-state index >= 15 is 0 Å². The second kappa shape index (κ2) is 8.69. The van der Waals surface area contributed by atoms with Gasteiger partial charge in [0.1, 0.15) is 17.0 Å². The standard InChI is InChI=1S/C24H20FIN4O5S/c1-12-20-19(21(29(2)23(12)32)27-18-9-6-13(26)10-17(18)25)22(31)28-24(33)30(20)14-4-3-5-16(11-14)36(34,35)15-7-8-15/h3-6,9-11,15,27H,7-8H2,1-2H3,(H,28,31,33). The van der Waals surface area contributed by atoms with E-state index in [-0.39, 0.29) is 38.6 Å². The number of halogens is 2. The zero-order chi connectivity index (χ0) is 25.9. The monoisotopic (exact) mass is 622 g/mol. The minimum absolute atomic E-state index is 0.00115. The van der Waals surface area contributed by atoms with Gasteiger partial charge in [-0.1, -0.05) is 6.07 Å². The highest BCUT2D eigenvalue weighted by molar-refractivity contribution is 14.1. The number of aromatic amines is 1. The van der Waals surface area contributed by atoms with Gasteiger partial charge in [-0.3, -0.25) is 23.7 Å². The van der Waals surface area contributed by atoms with E-state index in [0.717, 1.165) is 4.57 Å². The van der Waals surface area contributed by atoms with Crippen molar-refractivity contribution in [3.05, 3.63) is 88.6 Å². The van der Waals surface area contributed by atoms with Gasteiger partial charge in [0.15, 0.2) is 9.84 Å². The maximum Gasteiger partial charge on any atom is 0.333 e. The number of anilines is 2. The van der Waals surface area contributed by atoms with Gasteiger partial charge < -0.3 is 5.32 Å². The second-order valence-corrected chi connectivity index (χ2v) is 12.1. The van der Waals surface area contributed by atoms with Crippen molar-refractivity contribution in [1.29, 1.82) is 0 Å². The predicted molar refractivity (Wildman–Crippen MR) is 143 cm³/mol. The molecule has 5 rings (SSSR count). The van der Waals surface area contributed by atoms with Crippen molar-refractivity contribution < 1.29 is 12.8 Å². The topological polar surface area (TPSA) is 123 Å². The van der Waals surface area contributed by atoms with Crippen molar-refractivity contribution in [2.45, 2.75) is 29.9 Å². The molecule has 1 fully saturated rings. The van der Waals surface area contributed by atoms with E-state index in [1.54, 1.807) is 6.07 Å². The second-order valence-electron chi connectivity index (χ2n) is 8.65. The fourth-order valence-electron chi connectivity index (χ4n) is 4.21. The van der Waals surface area contributed by atoms with Crippen LogP contribution in [0.15, 0.2) is 61.7 Å². The summed E-state index contributed by atoms with van der Waals surface area (Å²) in [7, 11) is -2.13. The number of aromatic nitrogens is 3. The number of rotatable bonds is 5. The van der Waals surface area contributed by atoms with Crippen LogP contribution in [0.5, 0.6) is 0 Å². The highest BCUT2D eigenvalue weighted by Crippen LogP contribution is 2.34. The Kier molecular flexibility index (Phi) is 5.90. The van der Waals surface area contributed by atoms with Crippen LogP contribution in [0.4, 0.5) is 15.9 Å². The lowest BCUT2D eigenvalue weighted by Gasteiger charge is -2.19. The normalized spacial score (nSPS) is 13.8. The smallest absolute Gasteiger partial charge is 0.333 e. The molecule has 0 atom stereocenters. The number of fused-ring (bicyclic) bond motifs is 1. The van der Waals surface area contributed by atoms with Gasteiger partial charge in [-0.2, -0.15) is 0 Å². The van der Waals surface area contributed by atoms with Gasteiger partial charge in [0.25, 0.3) is 11.1 Å². The fourth-order valence-corrected chi connectivity index (χ4v) is 6.36. The first kappa shape index (κ1) is 24.4. The molecule has 0 saturated heterocycles. The van der Waals surface area contributed by atoms with E-state index in [1.165, 1.54) is 54.9 Å². The number of hydrogen-bond acceptors (Lipinski definition) is 6. The average molecular weight is 622 g/mol. The van der Waals surface area contributed by atoms with Gasteiger partial charge in [0.05, 0.1) is 27.0 Å². The van der Waals surface area contributed by atoms with Crippen molar-refractivity contribution in [2.75, 3.05) is 5.32 Å². The highest BCUT2D eigenvalue weighted by atomic mass is 127. The molecule has 2 N–H and O–H groups in total. The molecular formula is C24H20FIN4O5S. The molecule has 36 heavy (non-hydrogen) atoms. The third-order valence-corrected chi connectivity index (χ3v) is 9.15. The lowest BCUT2D eigenvalue weighted by atomic mass is 10.1. The van der Waals surface area contributed by atoms with Crippen LogP contribution in [0.25, 0.3) is 16.6 Å². The zero-order valence-electron chi connectivity index (χ0n) is 19.1. The third kappa shape index (κ3) is 3.97. The van der Waals surface area contributed by atoms with Crippen molar-refractivity contribution in [2.24, 2.45) is 7.05 Å². The highest BCUT2D eigenvalue weighted by Gasteiger charge is 2.37. The molecule has 1 aliphatic carbocycles. The van der Waals surface area contributed by atoms with Crippen LogP contribution >= 0.6 is 22.6 Å². The first-order valence-electron chi connectivity index (χ1n) is 11.0. The summed E-state index contributed by atoms with van der Waals surface area (Å²) in [5.41, 5.74) is -1.83. The number of H-pyrrole nitrogens is 1. The Hall–Kier alpha value is -3.26. The summed E-state index contributed by atoms with van der Waals surface area (Å²) in [5, 5.41) is 2.32. The van der Waals surface area contributed by atoms with Gasteiger partial charge >= 0.3 is 5.69 Å². The Morgan fingerprint density at radius 1 is 1.11 bits per heavy atom. The van der Waals surface area contributed by atoms with Crippen LogP contribution in [-0.2, 0) is 16.9 Å². The van der Waals surface area contributed by atoms with Crippen LogP contribution in [0.2, 0.25) is 0 Å². The summed E-state index contributed by atoms with van der Waals surface area (Å²) in [6.07, 6.45) is 1.15. The Morgan fingerprint density at radius 3 is 2.50 bits per heavy atom. The summed E-state index contributed by atoms with van der Waals surface area (Å²) in [5.74, 6) is -0.608. The summed E-state index contributed by atoms with van der Waals surface area (Å²) in [6.45, 7) is 1.47. The Balaban J connectivity index is 1.83. The molecule has 2 aromatic carbocycles. The van der Waals surface area contributed by atoms with Crippen molar-refractivity contribution in [3.8, 4) is 5.69 Å². The van der Waals surface area contributed by atoms with Crippen LogP contribution in [0.3, 0.4) is 0 Å². The van der Waals surface area contributed by atoms with E-state index < -0.39 is 37.7 Å². The lowest BCUT2D eigenvalue weighted by Crippen LogP contribution is -2.34. The van der Waals surface area contributed by atoms with Crippen LogP contribution < -0.4 is 22.1 Å². The SMILES string of the molecule is Cc1c(=O)n(C)c(Nc2ccc(I)cc2F)c2c(=O)[nH]c(=O)n(-c3cccc(S(=O)(=O)C4CC4)c3)c12. The van der Waals surface area contributed by atoms with Gasteiger partial charge in [0, 0.05) is 16.2 Å². The van der Waals surface area contributed by atoms with Gasteiger partial charge in [-0.15, -0.1) is 0 Å². The molecule has 4 aromatic rings. The van der Waals surface area contributed by atoms with Crippen LogP contribution in [-0.4, -0.2) is 27.8 Å². The number of aryl methyl sites for hydroxylation is 1. The maximum absolute atomic E-state index is 14.6. The molecule has 2 aromatic heterocycles. The van der Waals surface area contributed by atoms with E-state index in [9.17, 15) is 27.2 Å². The molecule has 12 heteroatoms. The quantitative estimate of drug-likeness (QED) is 0.330. The van der Waals surface area contributed by atoms with Gasteiger partial charge in [-0.25, -0.2) is 17.6 Å². The van der Waals surface area contributed by atoms with Crippen LogP contribution in [0, 0.1) is 16.3 Å². The number of nitrogens with one attached hydrogen (secondary N) is 2. The minimum atomic E-state index is -3.56. The first-order valence-corrected chi connectivity index (χ1v) is 13.6. The Morgan fingerprint density at radius 2 is 1.83 bits per heavy atom. The van der Waals surface area contributed by atoms with Crippen LogP contribution in [0.1, 0.15) is 18.4 Å². The lowest BCUT2D eigenvalue weighted by molar-refractivity contribution is 0.594. The number of nitrogens with zero attached hydrogens (tertiary/aromatic N) is 2. The van der Waals surface area contributed by atoms with Crippen molar-refractivity contribution in [3.63, 3.8) is 0 Å². The Bertz CT molecular complexity index is 1860. The molecule has 0 bridgehead atoms. The Labute approximate surface area is 217 Å². The molecule has 1 aliphatic rings. The van der Waals surface area contributed by atoms with Crippen molar-refractivity contribution >= 4 is 54.8 Å². The first-order chi connectivity index (χ1) is 17.0. The molecule has 186 valence electrons. The molecular weight excluding hydrogens is 602 g/mol. The van der Waals surface area contributed by atoms with Gasteiger partial charge in [0.2, 0.25) is 0 Å². The number of benzene rings is 2. The molecule has 0 aliphatic heterocycles. The van der Waals surface area contributed by atoms with E-state index in [0.29, 0.717) is 16.4 Å². The summed E-state index contributed by atoms with van der Waals surface area (Å²) in [4.78, 5) is 41.6. The summed E-state index contributed by atoms with van der Waals surface area (Å²) in [6, 6.07) is 10.3. The third-order valence-electron chi connectivity index (χ3n) is 6.22. The fraction of sp³-hybridized carbons (Fsp3) is 0.208. The molecule has 0 spiro atoms. The average Bonchev–Trinajstić information content (AvgIpc) is 3.68.